The summed E-state index contributed by atoms with van der Waals surface area (Å²) in [5.74, 6) is 0. The summed E-state index contributed by atoms with van der Waals surface area (Å²) >= 11 is 0. The van der Waals surface area contributed by atoms with E-state index in [2.05, 4.69) is 24.3 Å². The van der Waals surface area contributed by atoms with Gasteiger partial charge in [-0.05, 0) is 25.7 Å². The van der Waals surface area contributed by atoms with Crippen LogP contribution < -0.4 is 0 Å². The van der Waals surface area contributed by atoms with Crippen LogP contribution in [0.25, 0.3) is 0 Å². The van der Waals surface area contributed by atoms with Gasteiger partial charge in [0.2, 0.25) is 0 Å². The van der Waals surface area contributed by atoms with Gasteiger partial charge in [0.1, 0.15) is 0 Å². The standard InChI is InChI=1S/C30H56/c1-2-4-6-8-10-12-14-16-18-20-22-24-26-28-30-29-27-25-23-21-19-17-15-13-11-9-7-5-3-1/h1-4H,5-30H2. The van der Waals surface area contributed by atoms with Gasteiger partial charge in [0.05, 0.1) is 0 Å². The summed E-state index contributed by atoms with van der Waals surface area (Å²) in [5, 5.41) is 0. The monoisotopic (exact) mass is 416 g/mol. The number of hydrogen-bond donors (Lipinski definition) is 0. The molecule has 0 spiro atoms. The van der Waals surface area contributed by atoms with Gasteiger partial charge in [-0.15, -0.1) is 0 Å². The lowest BCUT2D eigenvalue weighted by atomic mass is 10.0. The van der Waals surface area contributed by atoms with E-state index in [-0.39, 0.29) is 0 Å². The zero-order chi connectivity index (χ0) is 21.2. The molecule has 0 heterocycles. The third-order valence-corrected chi connectivity index (χ3v) is 6.87. The Labute approximate surface area is 191 Å². The third kappa shape index (κ3) is 22.2. The van der Waals surface area contributed by atoms with Crippen molar-refractivity contribution >= 4 is 0 Å². The maximum Gasteiger partial charge on any atom is -0.0348 e. The van der Waals surface area contributed by atoms with Gasteiger partial charge in [0, 0.05) is 0 Å². The molecule has 0 N–H and O–H groups in total. The van der Waals surface area contributed by atoms with Crippen LogP contribution in [0.15, 0.2) is 24.3 Å². The molecule has 0 saturated heterocycles. The Balaban J connectivity index is 2.07. The minimum Gasteiger partial charge on any atom is -0.0845 e. The van der Waals surface area contributed by atoms with Crippen LogP contribution in [-0.2, 0) is 0 Å². The van der Waals surface area contributed by atoms with E-state index >= 15 is 0 Å². The van der Waals surface area contributed by atoms with Crippen molar-refractivity contribution in [2.75, 3.05) is 0 Å². The minimum atomic E-state index is 1.27. The molecule has 0 heteroatoms. The Kier molecular flexibility index (Phi) is 22.7. The van der Waals surface area contributed by atoms with E-state index in [0.29, 0.717) is 0 Å². The lowest BCUT2D eigenvalue weighted by molar-refractivity contribution is 0.516. The van der Waals surface area contributed by atoms with Gasteiger partial charge < -0.3 is 0 Å². The Hall–Kier alpha value is -0.520. The highest BCUT2D eigenvalue weighted by Gasteiger charge is 1.96. The number of rotatable bonds is 0. The molecular weight excluding hydrogens is 360 g/mol. The fourth-order valence-electron chi connectivity index (χ4n) is 4.76. The molecule has 0 aromatic carbocycles. The van der Waals surface area contributed by atoms with Crippen LogP contribution in [0.4, 0.5) is 0 Å². The Morgan fingerprint density at radius 1 is 0.200 bits per heavy atom. The maximum absolute atomic E-state index is 2.37. The molecule has 0 nitrogen and oxygen atoms in total. The van der Waals surface area contributed by atoms with E-state index in [4.69, 9.17) is 0 Å². The molecule has 1 aliphatic rings. The Morgan fingerprint density at radius 3 is 0.567 bits per heavy atom. The normalized spacial score (nSPS) is 22.9. The predicted octanol–water partition coefficient (Wildman–Crippen LogP) is 11.3. The lowest BCUT2D eigenvalue weighted by Gasteiger charge is -2.04. The van der Waals surface area contributed by atoms with Crippen LogP contribution in [0, 0.1) is 0 Å². The molecule has 0 fully saturated rings. The first kappa shape index (κ1) is 27.5. The molecule has 0 aromatic heterocycles. The molecule has 176 valence electrons. The molecule has 0 bridgehead atoms. The predicted molar refractivity (Wildman–Crippen MR) is 138 cm³/mol. The summed E-state index contributed by atoms with van der Waals surface area (Å²) in [4.78, 5) is 0. The van der Waals surface area contributed by atoms with Crippen molar-refractivity contribution in [2.45, 2.75) is 167 Å². The highest BCUT2D eigenvalue weighted by Crippen LogP contribution is 2.16. The van der Waals surface area contributed by atoms with Crippen molar-refractivity contribution in [3.8, 4) is 0 Å². The first-order valence-corrected chi connectivity index (χ1v) is 14.3. The topological polar surface area (TPSA) is 0 Å². The van der Waals surface area contributed by atoms with Crippen molar-refractivity contribution in [1.29, 1.82) is 0 Å². The summed E-state index contributed by atoms with van der Waals surface area (Å²) in [7, 11) is 0. The highest BCUT2D eigenvalue weighted by atomic mass is 14.0. The first-order chi connectivity index (χ1) is 15.0. The Morgan fingerprint density at radius 2 is 0.367 bits per heavy atom. The summed E-state index contributed by atoms with van der Waals surface area (Å²) in [5.41, 5.74) is 0. The van der Waals surface area contributed by atoms with Crippen LogP contribution in [0.5, 0.6) is 0 Å². The largest absolute Gasteiger partial charge is 0.0845 e. The molecular formula is C30H56. The first-order valence-electron chi connectivity index (χ1n) is 14.3. The molecule has 0 amide bonds. The van der Waals surface area contributed by atoms with Crippen LogP contribution in [0.1, 0.15) is 167 Å². The number of allylic oxidation sites excluding steroid dienone is 4. The SMILES string of the molecule is C1=CCCCCCCCCCCCCCCCCCCCCCCCCCCC=C1. The summed E-state index contributed by atoms with van der Waals surface area (Å²) in [6.07, 6.45) is 47.0. The van der Waals surface area contributed by atoms with Crippen molar-refractivity contribution in [1.82, 2.24) is 0 Å². The zero-order valence-electron chi connectivity index (χ0n) is 20.7. The van der Waals surface area contributed by atoms with Gasteiger partial charge in [-0.1, -0.05) is 166 Å². The maximum atomic E-state index is 2.37. The Bertz CT molecular complexity index is 328. The second-order valence-corrected chi connectivity index (χ2v) is 9.92. The minimum absolute atomic E-state index is 1.27. The molecule has 1 aliphatic carbocycles. The molecule has 0 saturated carbocycles. The molecule has 0 unspecified atom stereocenters. The average molecular weight is 417 g/mol. The van der Waals surface area contributed by atoms with Crippen LogP contribution in [0.3, 0.4) is 0 Å². The van der Waals surface area contributed by atoms with Crippen molar-refractivity contribution in [2.24, 2.45) is 0 Å². The smallest absolute Gasteiger partial charge is 0.0348 e. The quantitative estimate of drug-likeness (QED) is 0.368. The van der Waals surface area contributed by atoms with Crippen molar-refractivity contribution < 1.29 is 0 Å². The number of hydrogen-bond acceptors (Lipinski definition) is 0. The van der Waals surface area contributed by atoms with Gasteiger partial charge in [-0.2, -0.15) is 0 Å². The second kappa shape index (κ2) is 24.7. The van der Waals surface area contributed by atoms with E-state index in [1.54, 1.807) is 0 Å². The molecule has 0 radical (unpaired) electrons. The molecule has 1 rings (SSSR count). The second-order valence-electron chi connectivity index (χ2n) is 9.92. The van der Waals surface area contributed by atoms with E-state index in [9.17, 15) is 0 Å². The lowest BCUT2D eigenvalue weighted by Crippen LogP contribution is -1.84. The van der Waals surface area contributed by atoms with Gasteiger partial charge >= 0.3 is 0 Å². The van der Waals surface area contributed by atoms with Gasteiger partial charge in [-0.25, -0.2) is 0 Å². The van der Waals surface area contributed by atoms with Gasteiger partial charge in [0.25, 0.3) is 0 Å². The molecule has 0 aliphatic heterocycles. The molecule has 0 aromatic rings. The van der Waals surface area contributed by atoms with Crippen LogP contribution >= 0.6 is 0 Å². The molecule has 0 atom stereocenters. The van der Waals surface area contributed by atoms with E-state index in [0.717, 1.165) is 0 Å². The van der Waals surface area contributed by atoms with Crippen molar-refractivity contribution in [3.63, 3.8) is 0 Å². The highest BCUT2D eigenvalue weighted by molar-refractivity contribution is 5.02. The van der Waals surface area contributed by atoms with Gasteiger partial charge in [-0.3, -0.25) is 0 Å². The van der Waals surface area contributed by atoms with E-state index < -0.39 is 0 Å². The van der Waals surface area contributed by atoms with E-state index in [1.165, 1.54) is 167 Å². The summed E-state index contributed by atoms with van der Waals surface area (Å²) < 4.78 is 0. The fraction of sp³-hybridized carbons (Fsp3) is 0.867. The summed E-state index contributed by atoms with van der Waals surface area (Å²) in [6, 6.07) is 0. The summed E-state index contributed by atoms with van der Waals surface area (Å²) in [6.45, 7) is 0. The van der Waals surface area contributed by atoms with Gasteiger partial charge in [0.15, 0.2) is 0 Å². The third-order valence-electron chi connectivity index (χ3n) is 6.87. The van der Waals surface area contributed by atoms with E-state index in [1.807, 2.05) is 0 Å². The van der Waals surface area contributed by atoms with Crippen LogP contribution in [0.2, 0.25) is 0 Å². The van der Waals surface area contributed by atoms with Crippen molar-refractivity contribution in [3.05, 3.63) is 24.3 Å². The average Bonchev–Trinajstić information content (AvgIpc) is 2.76. The van der Waals surface area contributed by atoms with Crippen LogP contribution in [-0.4, -0.2) is 0 Å². The fourth-order valence-corrected chi connectivity index (χ4v) is 4.76. The zero-order valence-corrected chi connectivity index (χ0v) is 20.7. The molecule has 30 heavy (non-hydrogen) atoms.